The second-order valence-electron chi connectivity index (χ2n) is 5.18. The highest BCUT2D eigenvalue weighted by Crippen LogP contribution is 2.22. The fraction of sp³-hybridized carbons (Fsp3) is 0.500. The molecule has 20 heavy (non-hydrogen) atoms. The molecule has 1 aliphatic rings. The number of carbonyl (C=O) groups is 1. The Balaban J connectivity index is 2.09. The van der Waals surface area contributed by atoms with E-state index in [0.717, 1.165) is 16.5 Å². The molecule has 0 saturated carbocycles. The first-order chi connectivity index (χ1) is 9.40. The lowest BCUT2D eigenvalue weighted by atomic mass is 10.1. The highest BCUT2D eigenvalue weighted by atomic mass is 79.9. The zero-order valence-electron chi connectivity index (χ0n) is 11.4. The molecular formula is C14H18BrNO3S. The fourth-order valence-corrected chi connectivity index (χ4v) is 4.82. The molecule has 1 aromatic carbocycles. The molecule has 6 heteroatoms. The molecule has 0 radical (unpaired) electrons. The Kier molecular flexibility index (Phi) is 4.86. The minimum Gasteiger partial charge on any atom is -0.340 e. The first kappa shape index (κ1) is 15.5. The van der Waals surface area contributed by atoms with Crippen molar-refractivity contribution in [3.05, 3.63) is 34.3 Å². The van der Waals surface area contributed by atoms with E-state index in [0.29, 0.717) is 19.4 Å². The number of carbonyl (C=O) groups excluding carboxylic acids is 1. The molecule has 1 amide bonds. The molecule has 1 fully saturated rings. The molecule has 1 saturated heterocycles. The lowest BCUT2D eigenvalue weighted by molar-refractivity contribution is -0.130. The Bertz CT molecular complexity index is 600. The van der Waals surface area contributed by atoms with Crippen molar-refractivity contribution in [3.63, 3.8) is 0 Å². The average Bonchev–Trinajstić information content (AvgIpc) is 2.37. The third-order valence-corrected chi connectivity index (χ3v) is 6.19. The van der Waals surface area contributed by atoms with Crippen LogP contribution in [0.3, 0.4) is 0 Å². The van der Waals surface area contributed by atoms with E-state index >= 15 is 0 Å². The lowest BCUT2D eigenvalue weighted by Gasteiger charge is -2.26. The summed E-state index contributed by atoms with van der Waals surface area (Å²) in [4.78, 5) is 13.8. The molecule has 0 aliphatic carbocycles. The third-order valence-electron chi connectivity index (χ3n) is 3.54. The highest BCUT2D eigenvalue weighted by molar-refractivity contribution is 9.10. The molecule has 0 aromatic heterocycles. The quantitative estimate of drug-likeness (QED) is 0.832. The molecule has 0 bridgehead atoms. The Morgan fingerprint density at radius 2 is 2.15 bits per heavy atom. The van der Waals surface area contributed by atoms with Crippen LogP contribution in [0.4, 0.5) is 0 Å². The van der Waals surface area contributed by atoms with Gasteiger partial charge in [-0.1, -0.05) is 34.5 Å². The van der Waals surface area contributed by atoms with Gasteiger partial charge < -0.3 is 4.90 Å². The third kappa shape index (κ3) is 3.61. The van der Waals surface area contributed by atoms with Gasteiger partial charge in [0.05, 0.1) is 5.75 Å². The van der Waals surface area contributed by atoms with Gasteiger partial charge in [-0.2, -0.15) is 0 Å². The monoisotopic (exact) mass is 359 g/mol. The Hall–Kier alpha value is -0.880. The van der Waals surface area contributed by atoms with E-state index in [1.165, 1.54) is 4.90 Å². The second-order valence-corrected chi connectivity index (χ2v) is 8.39. The van der Waals surface area contributed by atoms with Crippen molar-refractivity contribution in [2.75, 3.05) is 12.8 Å². The molecule has 1 aliphatic heterocycles. The SMILES string of the molecule is CN(Cc1cccc(Br)c1)C(=O)C1CCCCS1(=O)=O. The summed E-state index contributed by atoms with van der Waals surface area (Å²) in [5.74, 6) is -0.154. The van der Waals surface area contributed by atoms with Crippen LogP contribution in [0.2, 0.25) is 0 Å². The fourth-order valence-electron chi connectivity index (χ4n) is 2.46. The van der Waals surface area contributed by atoms with Gasteiger partial charge in [0.15, 0.2) is 9.84 Å². The van der Waals surface area contributed by atoms with Crippen LogP contribution in [0.1, 0.15) is 24.8 Å². The number of benzene rings is 1. The summed E-state index contributed by atoms with van der Waals surface area (Å²) in [5, 5.41) is -0.853. The van der Waals surface area contributed by atoms with E-state index in [-0.39, 0.29) is 11.7 Å². The van der Waals surface area contributed by atoms with E-state index in [9.17, 15) is 13.2 Å². The maximum atomic E-state index is 12.3. The van der Waals surface area contributed by atoms with E-state index in [4.69, 9.17) is 0 Å². The summed E-state index contributed by atoms with van der Waals surface area (Å²) >= 11 is 3.38. The Morgan fingerprint density at radius 1 is 1.40 bits per heavy atom. The van der Waals surface area contributed by atoms with Gasteiger partial charge in [-0.05, 0) is 30.5 Å². The molecule has 1 heterocycles. The summed E-state index contributed by atoms with van der Waals surface area (Å²) in [7, 11) is -1.61. The molecule has 110 valence electrons. The van der Waals surface area contributed by atoms with Gasteiger partial charge in [0, 0.05) is 18.1 Å². The number of amides is 1. The van der Waals surface area contributed by atoms with Crippen LogP contribution in [0.15, 0.2) is 28.7 Å². The Labute approximate surface area is 128 Å². The van der Waals surface area contributed by atoms with Gasteiger partial charge in [-0.3, -0.25) is 4.79 Å². The minimum atomic E-state index is -3.27. The summed E-state index contributed by atoms with van der Waals surface area (Å²) in [5.41, 5.74) is 0.975. The second kappa shape index (κ2) is 6.26. The van der Waals surface area contributed by atoms with Crippen LogP contribution in [-0.2, 0) is 21.2 Å². The average molecular weight is 360 g/mol. The maximum absolute atomic E-state index is 12.3. The molecular weight excluding hydrogens is 342 g/mol. The van der Waals surface area contributed by atoms with Crippen molar-refractivity contribution >= 4 is 31.7 Å². The molecule has 2 rings (SSSR count). The molecule has 1 atom stereocenters. The summed E-state index contributed by atoms with van der Waals surface area (Å²) < 4.78 is 24.9. The van der Waals surface area contributed by atoms with Crippen molar-refractivity contribution in [2.24, 2.45) is 0 Å². The van der Waals surface area contributed by atoms with Crippen molar-refractivity contribution in [3.8, 4) is 0 Å². The predicted octanol–water partition coefficient (Wildman–Crippen LogP) is 2.37. The van der Waals surface area contributed by atoms with Crippen LogP contribution in [0.25, 0.3) is 0 Å². The standard InChI is InChI=1S/C14H18BrNO3S/c1-16(10-11-5-4-6-12(15)9-11)14(17)13-7-2-3-8-20(13,18)19/h4-6,9,13H,2-3,7-8,10H2,1H3. The minimum absolute atomic E-state index is 0.133. The van der Waals surface area contributed by atoms with E-state index in [2.05, 4.69) is 15.9 Å². The number of nitrogens with zero attached hydrogens (tertiary/aromatic N) is 1. The molecule has 1 aromatic rings. The van der Waals surface area contributed by atoms with Crippen LogP contribution in [0.5, 0.6) is 0 Å². The number of rotatable bonds is 3. The predicted molar refractivity (Wildman–Crippen MR) is 82.0 cm³/mol. The number of hydrogen-bond acceptors (Lipinski definition) is 3. The summed E-state index contributed by atoms with van der Waals surface area (Å²) in [6.45, 7) is 0.421. The lowest BCUT2D eigenvalue weighted by Crippen LogP contribution is -2.43. The van der Waals surface area contributed by atoms with Gasteiger partial charge in [0.2, 0.25) is 5.91 Å². The highest BCUT2D eigenvalue weighted by Gasteiger charge is 2.36. The zero-order valence-corrected chi connectivity index (χ0v) is 13.8. The molecule has 1 unspecified atom stereocenters. The number of halogens is 1. The van der Waals surface area contributed by atoms with E-state index in [1.54, 1.807) is 7.05 Å². The van der Waals surface area contributed by atoms with Crippen molar-refractivity contribution in [1.29, 1.82) is 0 Å². The first-order valence-electron chi connectivity index (χ1n) is 6.61. The van der Waals surface area contributed by atoms with Gasteiger partial charge in [-0.15, -0.1) is 0 Å². The molecule has 0 spiro atoms. The normalized spacial score (nSPS) is 21.4. The van der Waals surface area contributed by atoms with Crippen molar-refractivity contribution in [2.45, 2.75) is 31.1 Å². The molecule has 4 nitrogen and oxygen atoms in total. The van der Waals surface area contributed by atoms with Crippen LogP contribution in [0, 0.1) is 0 Å². The van der Waals surface area contributed by atoms with Crippen LogP contribution in [-0.4, -0.2) is 37.3 Å². The topological polar surface area (TPSA) is 54.5 Å². The number of hydrogen-bond donors (Lipinski definition) is 0. The largest absolute Gasteiger partial charge is 0.340 e. The van der Waals surface area contributed by atoms with E-state index in [1.807, 2.05) is 24.3 Å². The van der Waals surface area contributed by atoms with Gasteiger partial charge >= 0.3 is 0 Å². The summed E-state index contributed by atoms with van der Waals surface area (Å²) in [6.07, 6.45) is 1.92. The smallest absolute Gasteiger partial charge is 0.240 e. The maximum Gasteiger partial charge on any atom is 0.240 e. The summed E-state index contributed by atoms with van der Waals surface area (Å²) in [6, 6.07) is 7.66. The van der Waals surface area contributed by atoms with Gasteiger partial charge in [-0.25, -0.2) is 8.42 Å². The Morgan fingerprint density at radius 3 is 2.80 bits per heavy atom. The first-order valence-corrected chi connectivity index (χ1v) is 9.12. The number of sulfone groups is 1. The van der Waals surface area contributed by atoms with Crippen LogP contribution >= 0.6 is 15.9 Å². The van der Waals surface area contributed by atoms with E-state index < -0.39 is 15.1 Å². The van der Waals surface area contributed by atoms with Gasteiger partial charge in [0.25, 0.3) is 0 Å². The zero-order chi connectivity index (χ0) is 14.8. The van der Waals surface area contributed by atoms with Gasteiger partial charge in [0.1, 0.15) is 5.25 Å². The van der Waals surface area contributed by atoms with Crippen LogP contribution < -0.4 is 0 Å². The van der Waals surface area contributed by atoms with Crippen molar-refractivity contribution in [1.82, 2.24) is 4.90 Å². The molecule has 0 N–H and O–H groups in total. The van der Waals surface area contributed by atoms with Crippen molar-refractivity contribution < 1.29 is 13.2 Å².